The molecule has 2 aliphatic rings. The summed E-state index contributed by atoms with van der Waals surface area (Å²) >= 11 is 8.40. The van der Waals surface area contributed by atoms with Crippen LogP contribution in [0.15, 0.2) is 58.4 Å². The molecular weight excluding hydrogens is 464 g/mol. The SMILES string of the molecule is CC(C)(C)c1ccc([C@H]2c3sc(=O)[nH]c3SC3C(=O)N(c4ccc(Cl)cc4)C(=O)C32)cc1. The Morgan fingerprint density at radius 2 is 1.59 bits per heavy atom. The highest BCUT2D eigenvalue weighted by molar-refractivity contribution is 8.00. The van der Waals surface area contributed by atoms with Crippen LogP contribution in [0.3, 0.4) is 0 Å². The van der Waals surface area contributed by atoms with E-state index in [4.69, 9.17) is 11.6 Å². The monoisotopic (exact) mass is 484 g/mol. The molecule has 32 heavy (non-hydrogen) atoms. The van der Waals surface area contributed by atoms with Crippen LogP contribution in [0.25, 0.3) is 0 Å². The third kappa shape index (κ3) is 3.43. The minimum absolute atomic E-state index is 0.00192. The number of hydrogen-bond donors (Lipinski definition) is 1. The summed E-state index contributed by atoms with van der Waals surface area (Å²) < 4.78 is 0. The molecule has 164 valence electrons. The van der Waals surface area contributed by atoms with Crippen LogP contribution in [-0.2, 0) is 15.0 Å². The lowest BCUT2D eigenvalue weighted by Crippen LogP contribution is -2.32. The molecule has 0 bridgehead atoms. The van der Waals surface area contributed by atoms with E-state index in [-0.39, 0.29) is 28.0 Å². The van der Waals surface area contributed by atoms with E-state index in [0.717, 1.165) is 21.8 Å². The van der Waals surface area contributed by atoms with Gasteiger partial charge in [-0.2, -0.15) is 0 Å². The number of H-pyrrole nitrogens is 1. The minimum Gasteiger partial charge on any atom is -0.307 e. The molecule has 8 heteroatoms. The van der Waals surface area contributed by atoms with E-state index >= 15 is 0 Å². The number of carbonyl (C=O) groups excluding carboxylic acids is 2. The van der Waals surface area contributed by atoms with Gasteiger partial charge in [0.05, 0.1) is 16.6 Å². The van der Waals surface area contributed by atoms with E-state index in [9.17, 15) is 14.4 Å². The molecule has 1 N–H and O–H groups in total. The van der Waals surface area contributed by atoms with Gasteiger partial charge in [-0.05, 0) is 40.8 Å². The van der Waals surface area contributed by atoms with Crippen LogP contribution in [0, 0.1) is 5.92 Å². The highest BCUT2D eigenvalue weighted by atomic mass is 35.5. The van der Waals surface area contributed by atoms with Gasteiger partial charge in [0, 0.05) is 15.8 Å². The van der Waals surface area contributed by atoms with Gasteiger partial charge in [-0.1, -0.05) is 79.7 Å². The predicted octanol–water partition coefficient (Wildman–Crippen LogP) is 5.18. The summed E-state index contributed by atoms with van der Waals surface area (Å²) in [5.41, 5.74) is 2.63. The molecule has 3 aromatic rings. The van der Waals surface area contributed by atoms with Gasteiger partial charge in [-0.3, -0.25) is 14.4 Å². The van der Waals surface area contributed by atoms with Crippen LogP contribution in [0.5, 0.6) is 0 Å². The highest BCUT2D eigenvalue weighted by Crippen LogP contribution is 2.53. The molecule has 0 spiro atoms. The van der Waals surface area contributed by atoms with Crippen LogP contribution in [-0.4, -0.2) is 22.0 Å². The third-order valence-corrected chi connectivity index (χ3v) is 8.70. The van der Waals surface area contributed by atoms with Crippen LogP contribution >= 0.6 is 34.7 Å². The van der Waals surface area contributed by atoms with Crippen LogP contribution in [0.2, 0.25) is 5.02 Å². The molecule has 2 aliphatic heterocycles. The Balaban J connectivity index is 1.61. The van der Waals surface area contributed by atoms with Gasteiger partial charge in [0.1, 0.15) is 5.25 Å². The highest BCUT2D eigenvalue weighted by Gasteiger charge is 2.56. The molecule has 2 unspecified atom stereocenters. The fourth-order valence-electron chi connectivity index (χ4n) is 4.41. The first kappa shape index (κ1) is 21.5. The summed E-state index contributed by atoms with van der Waals surface area (Å²) in [6.07, 6.45) is 0. The fraction of sp³-hybridized carbons (Fsp3) is 0.292. The molecule has 0 saturated carbocycles. The summed E-state index contributed by atoms with van der Waals surface area (Å²) in [4.78, 5) is 44.0. The summed E-state index contributed by atoms with van der Waals surface area (Å²) in [5, 5.41) is 0.629. The zero-order valence-corrected chi connectivity index (χ0v) is 20.1. The number of nitrogens with zero attached hydrogens (tertiary/aromatic N) is 1. The molecule has 1 saturated heterocycles. The number of aromatic nitrogens is 1. The second-order valence-electron chi connectivity index (χ2n) is 9.11. The average Bonchev–Trinajstić information content (AvgIpc) is 3.23. The van der Waals surface area contributed by atoms with Crippen LogP contribution in [0.1, 0.15) is 42.7 Å². The maximum atomic E-state index is 13.6. The van der Waals surface area contributed by atoms with E-state index < -0.39 is 11.2 Å². The van der Waals surface area contributed by atoms with Crippen LogP contribution < -0.4 is 9.77 Å². The molecule has 5 nitrogen and oxygen atoms in total. The molecule has 2 amide bonds. The van der Waals surface area contributed by atoms with Crippen molar-refractivity contribution in [2.45, 2.75) is 42.4 Å². The minimum atomic E-state index is -0.594. The predicted molar refractivity (Wildman–Crippen MR) is 129 cm³/mol. The van der Waals surface area contributed by atoms with Crippen molar-refractivity contribution < 1.29 is 9.59 Å². The first-order valence-corrected chi connectivity index (χ1v) is 12.4. The van der Waals surface area contributed by atoms with E-state index in [1.165, 1.54) is 22.2 Å². The first-order chi connectivity index (χ1) is 15.1. The van der Waals surface area contributed by atoms with Crippen molar-refractivity contribution >= 4 is 52.2 Å². The van der Waals surface area contributed by atoms with Gasteiger partial charge in [0.2, 0.25) is 11.8 Å². The third-order valence-electron chi connectivity index (χ3n) is 6.04. The lowest BCUT2D eigenvalue weighted by atomic mass is 9.81. The topological polar surface area (TPSA) is 70.2 Å². The Bertz CT molecular complexity index is 1270. The summed E-state index contributed by atoms with van der Waals surface area (Å²) in [6, 6.07) is 14.9. The van der Waals surface area contributed by atoms with Gasteiger partial charge in [0.25, 0.3) is 0 Å². The van der Waals surface area contributed by atoms with E-state index in [1.807, 2.05) is 12.1 Å². The van der Waals surface area contributed by atoms with Gasteiger partial charge in [-0.25, -0.2) is 4.90 Å². The largest absolute Gasteiger partial charge is 0.307 e. The van der Waals surface area contributed by atoms with Crippen LogP contribution in [0.4, 0.5) is 5.69 Å². The van der Waals surface area contributed by atoms with Crippen molar-refractivity contribution in [3.05, 3.63) is 79.2 Å². The number of hydrogen-bond acceptors (Lipinski definition) is 5. The standard InChI is InChI=1S/C24H21ClN2O3S2/c1-24(2,3)13-6-4-12(5-7-13)16-17-19(31-20-18(16)32-23(30)26-20)22(29)27(21(17)28)15-10-8-14(25)9-11-15/h4-11,16-17,19H,1-3H3,(H,26,30)/t16-,17?,19?/m1/s1. The summed E-state index contributed by atoms with van der Waals surface area (Å²) in [5.74, 6) is -1.45. The van der Waals surface area contributed by atoms with Crippen molar-refractivity contribution in [1.29, 1.82) is 0 Å². The van der Waals surface area contributed by atoms with Crippen molar-refractivity contribution in [2.24, 2.45) is 5.92 Å². The molecule has 0 radical (unpaired) electrons. The van der Waals surface area contributed by atoms with Gasteiger partial charge in [-0.15, -0.1) is 0 Å². The molecule has 5 rings (SSSR count). The van der Waals surface area contributed by atoms with E-state index in [0.29, 0.717) is 15.7 Å². The second-order valence-corrected chi connectivity index (χ2v) is 11.7. The Kier molecular flexibility index (Phi) is 5.11. The normalized spacial score (nSPS) is 22.8. The molecule has 1 fully saturated rings. The van der Waals surface area contributed by atoms with E-state index in [1.54, 1.807) is 24.3 Å². The Morgan fingerprint density at radius 3 is 2.22 bits per heavy atom. The van der Waals surface area contributed by atoms with Crippen molar-refractivity contribution in [3.63, 3.8) is 0 Å². The zero-order chi connectivity index (χ0) is 22.8. The number of benzene rings is 2. The maximum absolute atomic E-state index is 13.6. The van der Waals surface area contributed by atoms with Crippen molar-refractivity contribution in [1.82, 2.24) is 4.98 Å². The van der Waals surface area contributed by atoms with Crippen molar-refractivity contribution in [2.75, 3.05) is 4.90 Å². The number of anilines is 1. The number of nitrogens with one attached hydrogen (secondary N) is 1. The number of thioether (sulfide) groups is 1. The second kappa shape index (κ2) is 7.61. The van der Waals surface area contributed by atoms with Gasteiger partial charge >= 0.3 is 4.87 Å². The fourth-order valence-corrected chi connectivity index (χ4v) is 7.05. The number of amides is 2. The number of rotatable bonds is 2. The number of thiazole rings is 1. The lowest BCUT2D eigenvalue weighted by Gasteiger charge is -2.30. The maximum Gasteiger partial charge on any atom is 0.305 e. The molecule has 3 atom stereocenters. The van der Waals surface area contributed by atoms with Crippen molar-refractivity contribution in [3.8, 4) is 0 Å². The molecule has 1 aromatic heterocycles. The zero-order valence-electron chi connectivity index (χ0n) is 17.7. The molecular formula is C24H21ClN2O3S2. The number of aromatic amines is 1. The lowest BCUT2D eigenvalue weighted by molar-refractivity contribution is -0.122. The first-order valence-electron chi connectivity index (χ1n) is 10.3. The average molecular weight is 485 g/mol. The quantitative estimate of drug-likeness (QED) is 0.508. The molecule has 0 aliphatic carbocycles. The number of fused-ring (bicyclic) bond motifs is 2. The Hall–Kier alpha value is -2.35. The molecule has 2 aromatic carbocycles. The van der Waals surface area contributed by atoms with E-state index in [2.05, 4.69) is 37.9 Å². The number of halogens is 1. The van der Waals surface area contributed by atoms with Gasteiger partial charge in [0.15, 0.2) is 0 Å². The summed E-state index contributed by atoms with van der Waals surface area (Å²) in [6.45, 7) is 6.44. The number of imide groups is 1. The van der Waals surface area contributed by atoms with Gasteiger partial charge < -0.3 is 4.98 Å². The molecule has 3 heterocycles. The smallest absolute Gasteiger partial charge is 0.305 e. The Morgan fingerprint density at radius 1 is 0.938 bits per heavy atom. The summed E-state index contributed by atoms with van der Waals surface area (Å²) in [7, 11) is 0. The number of carbonyl (C=O) groups is 2. The Labute approximate surface area is 198 Å².